The molecule has 0 heterocycles. The lowest BCUT2D eigenvalue weighted by Gasteiger charge is -2.14. The fraction of sp³-hybridized carbons (Fsp3) is 0.462. The Morgan fingerprint density at radius 2 is 1.90 bits per heavy atom. The van der Waals surface area contributed by atoms with E-state index in [1.165, 1.54) is 0 Å². The van der Waals surface area contributed by atoms with E-state index < -0.39 is 19.0 Å². The second-order valence-corrected chi connectivity index (χ2v) is 4.39. The Morgan fingerprint density at radius 3 is 2.48 bits per heavy atom. The molecule has 0 bridgehead atoms. The molecule has 118 valence electrons. The third-order valence-electron chi connectivity index (χ3n) is 2.50. The van der Waals surface area contributed by atoms with Gasteiger partial charge in [0.15, 0.2) is 0 Å². The second-order valence-electron chi connectivity index (χ2n) is 4.39. The number of ether oxygens (including phenoxy) is 1. The van der Waals surface area contributed by atoms with E-state index in [0.717, 1.165) is 0 Å². The number of halogens is 4. The number of carbonyl (C=O) groups excluding carboxylic acids is 1. The number of anilines is 2. The highest BCUT2D eigenvalue weighted by Crippen LogP contribution is 2.22. The SMILES string of the molecule is Nc1ccc(NC(=O)CCCOCC(F)(F)C(F)F)cc1. The van der Waals surface area contributed by atoms with Crippen LogP contribution < -0.4 is 11.1 Å². The van der Waals surface area contributed by atoms with E-state index in [2.05, 4.69) is 10.1 Å². The van der Waals surface area contributed by atoms with Crippen molar-refractivity contribution in [3.8, 4) is 0 Å². The molecule has 3 N–H and O–H groups in total. The Kier molecular flexibility index (Phi) is 6.41. The van der Waals surface area contributed by atoms with Crippen molar-refractivity contribution in [2.75, 3.05) is 24.3 Å². The van der Waals surface area contributed by atoms with Gasteiger partial charge in [0.2, 0.25) is 5.91 Å². The second kappa shape index (κ2) is 7.82. The van der Waals surface area contributed by atoms with Crippen molar-refractivity contribution < 1.29 is 27.1 Å². The Balaban J connectivity index is 2.18. The largest absolute Gasteiger partial charge is 0.399 e. The van der Waals surface area contributed by atoms with Gasteiger partial charge in [0, 0.05) is 24.4 Å². The van der Waals surface area contributed by atoms with E-state index in [4.69, 9.17) is 5.73 Å². The van der Waals surface area contributed by atoms with Gasteiger partial charge in [-0.3, -0.25) is 4.79 Å². The molecule has 21 heavy (non-hydrogen) atoms. The lowest BCUT2D eigenvalue weighted by molar-refractivity contribution is -0.166. The third-order valence-corrected chi connectivity index (χ3v) is 2.50. The van der Waals surface area contributed by atoms with Crippen molar-refractivity contribution in [1.82, 2.24) is 0 Å². The Bertz CT molecular complexity index is 452. The molecule has 0 saturated heterocycles. The summed E-state index contributed by atoms with van der Waals surface area (Å²) >= 11 is 0. The zero-order valence-electron chi connectivity index (χ0n) is 11.1. The minimum Gasteiger partial charge on any atom is -0.399 e. The number of nitrogens with two attached hydrogens (primary N) is 1. The van der Waals surface area contributed by atoms with Crippen LogP contribution in [0, 0.1) is 0 Å². The van der Waals surface area contributed by atoms with Gasteiger partial charge >= 0.3 is 12.3 Å². The molecule has 0 spiro atoms. The van der Waals surface area contributed by atoms with E-state index in [1.54, 1.807) is 24.3 Å². The molecule has 0 fully saturated rings. The summed E-state index contributed by atoms with van der Waals surface area (Å²) in [5.41, 5.74) is 6.60. The van der Waals surface area contributed by atoms with Crippen molar-refractivity contribution in [1.29, 1.82) is 0 Å². The topological polar surface area (TPSA) is 64.3 Å². The van der Waals surface area contributed by atoms with Crippen LogP contribution in [0.25, 0.3) is 0 Å². The van der Waals surface area contributed by atoms with Crippen LogP contribution in [0.2, 0.25) is 0 Å². The summed E-state index contributed by atoms with van der Waals surface area (Å²) in [6.45, 7) is -1.55. The van der Waals surface area contributed by atoms with E-state index in [9.17, 15) is 22.4 Å². The average molecular weight is 308 g/mol. The maximum absolute atomic E-state index is 12.5. The van der Waals surface area contributed by atoms with Crippen molar-refractivity contribution >= 4 is 17.3 Å². The molecule has 4 nitrogen and oxygen atoms in total. The molecule has 0 aromatic heterocycles. The van der Waals surface area contributed by atoms with Gasteiger partial charge in [-0.05, 0) is 30.7 Å². The predicted molar refractivity (Wildman–Crippen MR) is 70.5 cm³/mol. The van der Waals surface area contributed by atoms with Crippen molar-refractivity contribution in [2.45, 2.75) is 25.2 Å². The smallest absolute Gasteiger partial charge is 0.330 e. The predicted octanol–water partition coefficient (Wildman–Crippen LogP) is 2.90. The van der Waals surface area contributed by atoms with E-state index in [1.807, 2.05) is 0 Å². The van der Waals surface area contributed by atoms with Gasteiger partial charge < -0.3 is 15.8 Å². The minimum atomic E-state index is -4.16. The van der Waals surface area contributed by atoms with E-state index >= 15 is 0 Å². The molecule has 0 aliphatic rings. The highest BCUT2D eigenvalue weighted by atomic mass is 19.3. The van der Waals surface area contributed by atoms with Gasteiger partial charge in [-0.15, -0.1) is 0 Å². The summed E-state index contributed by atoms with van der Waals surface area (Å²) in [6, 6.07) is 6.47. The van der Waals surface area contributed by atoms with Gasteiger partial charge in [-0.25, -0.2) is 8.78 Å². The molecule has 8 heteroatoms. The summed E-state index contributed by atoms with van der Waals surface area (Å²) in [6.07, 6.45) is -3.57. The van der Waals surface area contributed by atoms with Crippen molar-refractivity contribution in [2.24, 2.45) is 0 Å². The number of nitrogen functional groups attached to an aromatic ring is 1. The zero-order valence-corrected chi connectivity index (χ0v) is 11.1. The molecule has 0 saturated carbocycles. The fourth-order valence-corrected chi connectivity index (χ4v) is 1.40. The van der Waals surface area contributed by atoms with Crippen molar-refractivity contribution in [3.05, 3.63) is 24.3 Å². The van der Waals surface area contributed by atoms with Crippen LogP contribution in [0.4, 0.5) is 28.9 Å². The Morgan fingerprint density at radius 1 is 1.29 bits per heavy atom. The number of alkyl halides is 4. The monoisotopic (exact) mass is 308 g/mol. The maximum Gasteiger partial charge on any atom is 0.330 e. The number of nitrogens with one attached hydrogen (secondary N) is 1. The number of benzene rings is 1. The highest BCUT2D eigenvalue weighted by molar-refractivity contribution is 5.90. The minimum absolute atomic E-state index is 0.0324. The van der Waals surface area contributed by atoms with Gasteiger partial charge in [-0.2, -0.15) is 8.78 Å². The maximum atomic E-state index is 12.5. The Labute approximate surface area is 119 Å². The molecule has 1 rings (SSSR count). The van der Waals surface area contributed by atoms with E-state index in [0.29, 0.717) is 11.4 Å². The molecule has 0 radical (unpaired) electrons. The summed E-state index contributed by atoms with van der Waals surface area (Å²) < 4.78 is 53.1. The first-order valence-electron chi connectivity index (χ1n) is 6.20. The molecule has 0 atom stereocenters. The fourth-order valence-electron chi connectivity index (χ4n) is 1.40. The lowest BCUT2D eigenvalue weighted by Crippen LogP contribution is -2.32. The number of amides is 1. The average Bonchev–Trinajstić information content (AvgIpc) is 2.40. The summed E-state index contributed by atoms with van der Waals surface area (Å²) in [4.78, 5) is 11.5. The first-order chi connectivity index (χ1) is 9.81. The number of hydrogen-bond donors (Lipinski definition) is 2. The molecule has 1 aromatic rings. The summed E-state index contributed by atoms with van der Waals surface area (Å²) in [5, 5.41) is 2.58. The van der Waals surface area contributed by atoms with Crippen LogP contribution >= 0.6 is 0 Å². The first kappa shape index (κ1) is 17.2. The van der Waals surface area contributed by atoms with Crippen LogP contribution in [0.1, 0.15) is 12.8 Å². The molecule has 1 amide bonds. The Hall–Kier alpha value is -1.83. The van der Waals surface area contributed by atoms with Gasteiger partial charge in [-0.1, -0.05) is 0 Å². The van der Waals surface area contributed by atoms with Crippen LogP contribution in [-0.4, -0.2) is 31.5 Å². The molecule has 0 unspecified atom stereocenters. The quantitative estimate of drug-likeness (QED) is 0.441. The number of carbonyl (C=O) groups is 1. The lowest BCUT2D eigenvalue weighted by atomic mass is 10.2. The summed E-state index contributed by atoms with van der Waals surface area (Å²) in [5.74, 6) is -4.49. The van der Waals surface area contributed by atoms with Crippen LogP contribution in [0.5, 0.6) is 0 Å². The van der Waals surface area contributed by atoms with Crippen LogP contribution in [0.15, 0.2) is 24.3 Å². The molecule has 1 aromatic carbocycles. The molecular weight excluding hydrogens is 292 g/mol. The van der Waals surface area contributed by atoms with E-state index in [-0.39, 0.29) is 25.4 Å². The first-order valence-corrected chi connectivity index (χ1v) is 6.20. The molecular formula is C13H16F4N2O2. The summed E-state index contributed by atoms with van der Waals surface area (Å²) in [7, 11) is 0. The van der Waals surface area contributed by atoms with Crippen LogP contribution in [-0.2, 0) is 9.53 Å². The van der Waals surface area contributed by atoms with Crippen LogP contribution in [0.3, 0.4) is 0 Å². The van der Waals surface area contributed by atoms with Gasteiger partial charge in [0.25, 0.3) is 0 Å². The normalized spacial score (nSPS) is 11.7. The zero-order chi connectivity index (χ0) is 15.9. The standard InChI is InChI=1S/C13H16F4N2O2/c14-12(15)13(16,17)8-21-7-1-2-11(20)19-10-5-3-9(18)4-6-10/h3-6,12H,1-2,7-8,18H2,(H,19,20). The van der Waals surface area contributed by atoms with Gasteiger partial charge in [0.05, 0.1) is 0 Å². The molecule has 0 aliphatic carbocycles. The van der Waals surface area contributed by atoms with Gasteiger partial charge in [0.1, 0.15) is 6.61 Å². The third kappa shape index (κ3) is 6.44. The van der Waals surface area contributed by atoms with Crippen molar-refractivity contribution in [3.63, 3.8) is 0 Å². The number of rotatable bonds is 8. The highest BCUT2D eigenvalue weighted by Gasteiger charge is 2.40. The molecule has 0 aliphatic heterocycles. The number of hydrogen-bond acceptors (Lipinski definition) is 3.